The van der Waals surface area contributed by atoms with Crippen molar-refractivity contribution >= 4 is 22.9 Å². The lowest BCUT2D eigenvalue weighted by Crippen LogP contribution is -2.21. The Hall–Kier alpha value is -0.900. The highest BCUT2D eigenvalue weighted by Crippen LogP contribution is 2.33. The highest BCUT2D eigenvalue weighted by Gasteiger charge is 2.13. The first-order valence-corrected chi connectivity index (χ1v) is 7.78. The summed E-state index contributed by atoms with van der Waals surface area (Å²) in [5, 5.41) is 5.24. The van der Waals surface area contributed by atoms with E-state index in [4.69, 9.17) is 16.6 Å². The molecule has 1 aromatic heterocycles. The first-order valence-electron chi connectivity index (χ1n) is 6.58. The van der Waals surface area contributed by atoms with E-state index < -0.39 is 0 Å². The number of hydrogen-bond donors (Lipinski definition) is 1. The summed E-state index contributed by atoms with van der Waals surface area (Å²) in [6.45, 7) is 7.33. The Balaban J connectivity index is 2.31. The number of nitrogens with zero attached hydrogens (tertiary/aromatic N) is 1. The van der Waals surface area contributed by atoms with Gasteiger partial charge in [0.2, 0.25) is 0 Å². The lowest BCUT2D eigenvalue weighted by Gasteiger charge is -2.06. The van der Waals surface area contributed by atoms with Gasteiger partial charge in [-0.15, -0.1) is 11.3 Å². The maximum absolute atomic E-state index is 6.24. The Kier molecular flexibility index (Phi) is 4.97. The molecule has 2 aromatic rings. The van der Waals surface area contributed by atoms with E-state index >= 15 is 0 Å². The molecule has 2 rings (SSSR count). The Bertz CT molecular complexity index is 549. The number of nitrogens with one attached hydrogen (secondary N) is 1. The lowest BCUT2D eigenvalue weighted by molar-refractivity contribution is 0.590. The van der Waals surface area contributed by atoms with Crippen LogP contribution in [0.3, 0.4) is 0 Å². The van der Waals surface area contributed by atoms with Crippen molar-refractivity contribution in [2.24, 2.45) is 0 Å². The third-order valence-corrected chi connectivity index (χ3v) is 4.35. The topological polar surface area (TPSA) is 24.9 Å². The predicted molar refractivity (Wildman–Crippen MR) is 83.9 cm³/mol. The summed E-state index contributed by atoms with van der Waals surface area (Å²) in [5.74, 6) is 0. The quantitative estimate of drug-likeness (QED) is 0.877. The van der Waals surface area contributed by atoms with Crippen molar-refractivity contribution < 1.29 is 0 Å². The molecule has 0 aliphatic heterocycles. The van der Waals surface area contributed by atoms with Gasteiger partial charge in [0, 0.05) is 23.0 Å². The van der Waals surface area contributed by atoms with E-state index in [2.05, 4.69) is 26.1 Å². The molecule has 0 fully saturated rings. The Labute approximate surface area is 123 Å². The molecule has 19 heavy (non-hydrogen) atoms. The van der Waals surface area contributed by atoms with E-state index in [0.29, 0.717) is 6.04 Å². The molecule has 0 atom stereocenters. The average molecular weight is 295 g/mol. The van der Waals surface area contributed by atoms with Gasteiger partial charge in [-0.1, -0.05) is 50.6 Å². The second-order valence-corrected chi connectivity index (χ2v) is 6.25. The third kappa shape index (κ3) is 3.56. The zero-order valence-corrected chi connectivity index (χ0v) is 13.1. The van der Waals surface area contributed by atoms with Gasteiger partial charge in [0.1, 0.15) is 5.01 Å². The fraction of sp³-hybridized carbons (Fsp3) is 0.400. The number of aromatic nitrogens is 1. The van der Waals surface area contributed by atoms with E-state index in [1.54, 1.807) is 11.3 Å². The molecule has 1 aromatic carbocycles. The smallest absolute Gasteiger partial charge is 0.125 e. The summed E-state index contributed by atoms with van der Waals surface area (Å²) in [4.78, 5) is 6.04. The van der Waals surface area contributed by atoms with Crippen molar-refractivity contribution in [2.75, 3.05) is 0 Å². The van der Waals surface area contributed by atoms with Crippen molar-refractivity contribution in [2.45, 2.75) is 39.8 Å². The van der Waals surface area contributed by atoms with Crippen LogP contribution < -0.4 is 5.32 Å². The average Bonchev–Trinajstić information content (AvgIpc) is 2.80. The fourth-order valence-corrected chi connectivity index (χ4v) is 3.27. The zero-order valence-electron chi connectivity index (χ0n) is 11.5. The lowest BCUT2D eigenvalue weighted by atomic mass is 10.2. The minimum Gasteiger partial charge on any atom is -0.310 e. The molecular formula is C15H19ClN2S. The second-order valence-electron chi connectivity index (χ2n) is 4.76. The van der Waals surface area contributed by atoms with Gasteiger partial charge in [0.05, 0.1) is 10.7 Å². The SMILES string of the molecule is CCc1nc(-c2ccccc2Cl)sc1CNC(C)C. The van der Waals surface area contributed by atoms with Crippen LogP contribution in [-0.4, -0.2) is 11.0 Å². The van der Waals surface area contributed by atoms with Gasteiger partial charge >= 0.3 is 0 Å². The summed E-state index contributed by atoms with van der Waals surface area (Å²) in [7, 11) is 0. The fourth-order valence-electron chi connectivity index (χ4n) is 1.84. The van der Waals surface area contributed by atoms with Gasteiger partial charge in [-0.25, -0.2) is 4.98 Å². The molecule has 0 saturated heterocycles. The van der Waals surface area contributed by atoms with Crippen molar-refractivity contribution in [3.63, 3.8) is 0 Å². The number of rotatable bonds is 5. The molecule has 1 heterocycles. The van der Waals surface area contributed by atoms with E-state index in [-0.39, 0.29) is 0 Å². The maximum atomic E-state index is 6.24. The molecule has 0 radical (unpaired) electrons. The summed E-state index contributed by atoms with van der Waals surface area (Å²) in [5.41, 5.74) is 2.20. The van der Waals surface area contributed by atoms with E-state index in [1.807, 2.05) is 24.3 Å². The van der Waals surface area contributed by atoms with Gasteiger partial charge < -0.3 is 5.32 Å². The number of benzene rings is 1. The second kappa shape index (κ2) is 6.51. The molecule has 2 nitrogen and oxygen atoms in total. The van der Waals surface area contributed by atoms with Gasteiger partial charge in [0.25, 0.3) is 0 Å². The van der Waals surface area contributed by atoms with Crippen LogP contribution in [0.2, 0.25) is 5.02 Å². The number of hydrogen-bond acceptors (Lipinski definition) is 3. The highest BCUT2D eigenvalue weighted by atomic mass is 35.5. The maximum Gasteiger partial charge on any atom is 0.125 e. The van der Waals surface area contributed by atoms with Gasteiger partial charge in [-0.2, -0.15) is 0 Å². The van der Waals surface area contributed by atoms with Crippen LogP contribution in [0.25, 0.3) is 10.6 Å². The monoisotopic (exact) mass is 294 g/mol. The van der Waals surface area contributed by atoms with Crippen molar-refractivity contribution in [3.05, 3.63) is 39.9 Å². The van der Waals surface area contributed by atoms with Crippen LogP contribution in [0.4, 0.5) is 0 Å². The molecule has 0 aliphatic rings. The van der Waals surface area contributed by atoms with Crippen LogP contribution in [0.1, 0.15) is 31.3 Å². The van der Waals surface area contributed by atoms with Crippen LogP contribution in [-0.2, 0) is 13.0 Å². The Morgan fingerprint density at radius 2 is 2.05 bits per heavy atom. The first-order chi connectivity index (χ1) is 9.11. The molecule has 0 aliphatic carbocycles. The molecule has 102 valence electrons. The summed E-state index contributed by atoms with van der Waals surface area (Å²) < 4.78 is 0. The van der Waals surface area contributed by atoms with Gasteiger partial charge in [-0.3, -0.25) is 0 Å². The minimum absolute atomic E-state index is 0.482. The number of halogens is 1. The Morgan fingerprint density at radius 1 is 1.32 bits per heavy atom. The molecule has 1 N–H and O–H groups in total. The van der Waals surface area contributed by atoms with Crippen LogP contribution >= 0.6 is 22.9 Å². The summed E-state index contributed by atoms with van der Waals surface area (Å²) in [6.07, 6.45) is 0.954. The van der Waals surface area contributed by atoms with E-state index in [0.717, 1.165) is 28.6 Å². The van der Waals surface area contributed by atoms with Gasteiger partial charge in [-0.05, 0) is 12.5 Å². The third-order valence-electron chi connectivity index (χ3n) is 2.89. The predicted octanol–water partition coefficient (Wildman–Crippen LogP) is 4.52. The van der Waals surface area contributed by atoms with Crippen LogP contribution in [0, 0.1) is 0 Å². The van der Waals surface area contributed by atoms with E-state index in [1.165, 1.54) is 10.6 Å². The van der Waals surface area contributed by atoms with Crippen molar-refractivity contribution in [1.29, 1.82) is 0 Å². The summed E-state index contributed by atoms with van der Waals surface area (Å²) >= 11 is 7.98. The normalized spacial score (nSPS) is 11.2. The molecule has 0 amide bonds. The van der Waals surface area contributed by atoms with Crippen molar-refractivity contribution in [1.82, 2.24) is 10.3 Å². The molecule has 0 saturated carbocycles. The summed E-state index contributed by atoms with van der Waals surface area (Å²) in [6, 6.07) is 8.37. The number of aryl methyl sites for hydroxylation is 1. The molecule has 0 spiro atoms. The standard InChI is InChI=1S/C15H19ClN2S/c1-4-13-14(9-17-10(2)3)19-15(18-13)11-7-5-6-8-12(11)16/h5-8,10,17H,4,9H2,1-3H3. The highest BCUT2D eigenvalue weighted by molar-refractivity contribution is 7.15. The molecule has 4 heteroatoms. The molecule has 0 bridgehead atoms. The molecule has 0 unspecified atom stereocenters. The minimum atomic E-state index is 0.482. The van der Waals surface area contributed by atoms with Gasteiger partial charge in [0.15, 0.2) is 0 Å². The van der Waals surface area contributed by atoms with Crippen LogP contribution in [0.15, 0.2) is 24.3 Å². The van der Waals surface area contributed by atoms with Crippen LogP contribution in [0.5, 0.6) is 0 Å². The van der Waals surface area contributed by atoms with E-state index in [9.17, 15) is 0 Å². The van der Waals surface area contributed by atoms with Crippen molar-refractivity contribution in [3.8, 4) is 10.6 Å². The number of thiazole rings is 1. The largest absolute Gasteiger partial charge is 0.310 e. The first kappa shape index (κ1) is 14.5. The molecular weight excluding hydrogens is 276 g/mol. The Morgan fingerprint density at radius 3 is 2.68 bits per heavy atom. The zero-order chi connectivity index (χ0) is 13.8.